The van der Waals surface area contributed by atoms with E-state index in [0.29, 0.717) is 13.2 Å². The molecular formula is C18H26ClNO4S. The molecule has 3 rings (SSSR count). The molecule has 1 amide bonds. The molecule has 0 radical (unpaired) electrons. The molecule has 1 aromatic rings. The third-order valence-electron chi connectivity index (χ3n) is 4.83. The van der Waals surface area contributed by atoms with Crippen LogP contribution in [0.5, 0.6) is 0 Å². The van der Waals surface area contributed by atoms with Gasteiger partial charge in [0.05, 0.1) is 10.9 Å². The van der Waals surface area contributed by atoms with Crippen molar-refractivity contribution in [3.63, 3.8) is 0 Å². The molecule has 2 aliphatic heterocycles. The normalized spacial score (nSPS) is 29.6. The lowest BCUT2D eigenvalue weighted by Gasteiger charge is -2.47. The van der Waals surface area contributed by atoms with Gasteiger partial charge in [-0.25, -0.2) is 4.79 Å². The zero-order valence-corrected chi connectivity index (χ0v) is 17.0. The average molecular weight is 388 g/mol. The van der Waals surface area contributed by atoms with E-state index in [4.69, 9.17) is 25.8 Å². The first-order valence-corrected chi connectivity index (χ1v) is 9.81. The summed E-state index contributed by atoms with van der Waals surface area (Å²) < 4.78 is 18.1. The first-order valence-electron chi connectivity index (χ1n) is 8.61. The molecule has 0 N–H and O–H groups in total. The third kappa shape index (κ3) is 3.68. The van der Waals surface area contributed by atoms with Gasteiger partial charge in [-0.2, -0.15) is 0 Å². The lowest BCUT2D eigenvalue weighted by Crippen LogP contribution is -2.53. The van der Waals surface area contributed by atoms with Crippen LogP contribution in [-0.4, -0.2) is 42.9 Å². The quantitative estimate of drug-likeness (QED) is 0.698. The summed E-state index contributed by atoms with van der Waals surface area (Å²) in [4.78, 5) is 15.4. The van der Waals surface area contributed by atoms with Crippen molar-refractivity contribution in [2.45, 2.75) is 63.9 Å². The van der Waals surface area contributed by atoms with Gasteiger partial charge >= 0.3 is 6.09 Å². The van der Waals surface area contributed by atoms with Crippen LogP contribution in [0.2, 0.25) is 4.34 Å². The molecule has 0 aromatic carbocycles. The molecule has 3 unspecified atom stereocenters. The minimum atomic E-state index is -0.493. The number of thiophene rings is 1. The molecule has 7 heteroatoms. The smallest absolute Gasteiger partial charge is 0.410 e. The van der Waals surface area contributed by atoms with Gasteiger partial charge in [-0.1, -0.05) is 11.6 Å². The number of rotatable bonds is 1. The van der Waals surface area contributed by atoms with E-state index in [1.54, 1.807) is 23.3 Å². The molecule has 3 atom stereocenters. The largest absolute Gasteiger partial charge is 0.444 e. The number of piperidine rings is 1. The van der Waals surface area contributed by atoms with Crippen LogP contribution in [-0.2, 0) is 19.8 Å². The number of halogens is 1. The van der Waals surface area contributed by atoms with E-state index >= 15 is 0 Å². The van der Waals surface area contributed by atoms with Gasteiger partial charge < -0.3 is 19.1 Å². The van der Waals surface area contributed by atoms with Crippen molar-refractivity contribution in [2.24, 2.45) is 0 Å². The molecule has 1 aromatic heterocycles. The summed E-state index contributed by atoms with van der Waals surface area (Å²) in [5, 5.41) is 0. The number of carbonyl (C=O) groups is 1. The topological polar surface area (TPSA) is 48.0 Å². The van der Waals surface area contributed by atoms with Crippen LogP contribution in [0.3, 0.4) is 0 Å². The van der Waals surface area contributed by atoms with Crippen molar-refractivity contribution >= 4 is 29.0 Å². The second kappa shape index (κ2) is 6.72. The lowest BCUT2D eigenvalue weighted by molar-refractivity contribution is -0.142. The van der Waals surface area contributed by atoms with Crippen LogP contribution in [0.1, 0.15) is 57.1 Å². The Labute approximate surface area is 158 Å². The van der Waals surface area contributed by atoms with Gasteiger partial charge in [0.15, 0.2) is 0 Å². The van der Waals surface area contributed by atoms with E-state index in [1.807, 2.05) is 33.8 Å². The number of hydrogen-bond acceptors (Lipinski definition) is 5. The van der Waals surface area contributed by atoms with E-state index in [9.17, 15) is 4.79 Å². The van der Waals surface area contributed by atoms with Crippen molar-refractivity contribution in [1.29, 1.82) is 0 Å². The number of fused-ring (bicyclic) bond motifs is 2. The van der Waals surface area contributed by atoms with Gasteiger partial charge in [-0.15, -0.1) is 11.3 Å². The Morgan fingerprint density at radius 2 is 2.20 bits per heavy atom. The molecular weight excluding hydrogens is 362 g/mol. The zero-order chi connectivity index (χ0) is 18.4. The summed E-state index contributed by atoms with van der Waals surface area (Å²) in [7, 11) is 1.69. The highest BCUT2D eigenvalue weighted by Gasteiger charge is 2.48. The van der Waals surface area contributed by atoms with Gasteiger partial charge in [0, 0.05) is 36.6 Å². The van der Waals surface area contributed by atoms with Crippen molar-refractivity contribution < 1.29 is 19.0 Å². The average Bonchev–Trinajstić information content (AvgIpc) is 2.89. The zero-order valence-electron chi connectivity index (χ0n) is 15.4. The van der Waals surface area contributed by atoms with Crippen molar-refractivity contribution in [3.05, 3.63) is 20.8 Å². The van der Waals surface area contributed by atoms with Crippen LogP contribution in [0.4, 0.5) is 4.79 Å². The number of ether oxygens (including phenoxy) is 3. The number of nitrogens with zero attached hydrogens (tertiary/aromatic N) is 1. The van der Waals surface area contributed by atoms with Crippen LogP contribution in [0.25, 0.3) is 0 Å². The molecule has 1 saturated heterocycles. The molecule has 2 aliphatic rings. The Kier molecular flexibility index (Phi) is 5.10. The highest BCUT2D eigenvalue weighted by Crippen LogP contribution is 2.50. The predicted octanol–water partition coefficient (Wildman–Crippen LogP) is 4.73. The number of carbonyl (C=O) groups excluding carboxylic acids is 1. The minimum Gasteiger partial charge on any atom is -0.444 e. The van der Waals surface area contributed by atoms with Gasteiger partial charge in [0.1, 0.15) is 17.3 Å². The highest BCUT2D eigenvalue weighted by molar-refractivity contribution is 7.16. The molecule has 0 saturated carbocycles. The molecule has 0 aliphatic carbocycles. The Morgan fingerprint density at radius 1 is 1.48 bits per heavy atom. The number of hydrogen-bond donors (Lipinski definition) is 0. The summed E-state index contributed by atoms with van der Waals surface area (Å²) in [6, 6.07) is 2.02. The summed E-state index contributed by atoms with van der Waals surface area (Å²) in [6.07, 6.45) is 1.12. The summed E-state index contributed by atoms with van der Waals surface area (Å²) in [5.41, 5.74) is 0.245. The van der Waals surface area contributed by atoms with E-state index < -0.39 is 5.60 Å². The van der Waals surface area contributed by atoms with Gasteiger partial charge in [0.2, 0.25) is 0 Å². The van der Waals surface area contributed by atoms with Crippen LogP contribution >= 0.6 is 22.9 Å². The van der Waals surface area contributed by atoms with Crippen LogP contribution in [0, 0.1) is 0 Å². The monoisotopic (exact) mass is 387 g/mol. The first kappa shape index (κ1) is 19.0. The van der Waals surface area contributed by atoms with E-state index in [2.05, 4.69) is 0 Å². The Hall–Kier alpha value is -0.820. The molecule has 5 nitrogen and oxygen atoms in total. The van der Waals surface area contributed by atoms with Crippen LogP contribution in [0.15, 0.2) is 6.07 Å². The second-order valence-corrected chi connectivity index (χ2v) is 9.53. The SMILES string of the molecule is COC1COC2(CCN(C(=O)OC(C)(C)C)C(C)C2)c2sc(Cl)cc21. The standard InChI is InChI=1S/C18H26ClNO4S/c1-11-9-18(6-7-20(11)16(21)24-17(2,3)4)15-12(8-14(19)25-15)13(22-5)10-23-18/h8,11,13H,6-7,9-10H2,1-5H3. The predicted molar refractivity (Wildman–Crippen MR) is 98.3 cm³/mol. The third-order valence-corrected chi connectivity index (χ3v) is 6.29. The van der Waals surface area contributed by atoms with Crippen molar-refractivity contribution in [3.8, 4) is 0 Å². The van der Waals surface area contributed by atoms with Gasteiger partial charge in [-0.3, -0.25) is 0 Å². The van der Waals surface area contributed by atoms with E-state index in [1.165, 1.54) is 0 Å². The minimum absolute atomic E-state index is 0.0245. The number of methoxy groups -OCH3 is 1. The summed E-state index contributed by atoms with van der Waals surface area (Å²) in [5.74, 6) is 0. The molecule has 25 heavy (non-hydrogen) atoms. The fourth-order valence-corrected chi connectivity index (χ4v) is 5.16. The van der Waals surface area contributed by atoms with Crippen molar-refractivity contribution in [1.82, 2.24) is 4.90 Å². The van der Waals surface area contributed by atoms with E-state index in [-0.39, 0.29) is 23.8 Å². The molecule has 1 fully saturated rings. The fraction of sp³-hybridized carbons (Fsp3) is 0.722. The summed E-state index contributed by atoms with van der Waals surface area (Å²) >= 11 is 7.85. The Bertz CT molecular complexity index is 656. The Balaban J connectivity index is 1.81. The fourth-order valence-electron chi connectivity index (χ4n) is 3.69. The molecule has 3 heterocycles. The number of likely N-dealkylation sites (tertiary alicyclic amines) is 1. The molecule has 0 bridgehead atoms. The second-order valence-electron chi connectivity index (χ2n) is 7.84. The van der Waals surface area contributed by atoms with Gasteiger partial charge in [0.25, 0.3) is 0 Å². The molecule has 140 valence electrons. The van der Waals surface area contributed by atoms with Crippen LogP contribution < -0.4 is 0 Å². The molecule has 1 spiro atoms. The Morgan fingerprint density at radius 3 is 2.80 bits per heavy atom. The summed E-state index contributed by atoms with van der Waals surface area (Å²) in [6.45, 7) is 8.81. The number of amides is 1. The van der Waals surface area contributed by atoms with E-state index in [0.717, 1.165) is 27.6 Å². The lowest BCUT2D eigenvalue weighted by atomic mass is 9.81. The van der Waals surface area contributed by atoms with Gasteiger partial charge in [-0.05, 0) is 40.2 Å². The van der Waals surface area contributed by atoms with Crippen molar-refractivity contribution in [2.75, 3.05) is 20.3 Å². The first-order chi connectivity index (χ1) is 11.6. The maximum absolute atomic E-state index is 12.5. The highest BCUT2D eigenvalue weighted by atomic mass is 35.5. The maximum Gasteiger partial charge on any atom is 0.410 e. The maximum atomic E-state index is 12.5.